The molecule has 78 valence electrons. The average molecular weight is 194 g/mol. The predicted octanol–water partition coefficient (Wildman–Crippen LogP) is 1.60. The number of hydrogen-bond acceptors (Lipinski definition) is 3. The lowest BCUT2D eigenvalue weighted by atomic mass is 10.3. The number of anilines is 1. The molecule has 0 amide bonds. The lowest BCUT2D eigenvalue weighted by Gasteiger charge is -2.19. The fourth-order valence-electron chi connectivity index (χ4n) is 0.970. The third-order valence-electron chi connectivity index (χ3n) is 2.23. The Morgan fingerprint density at radius 3 is 2.71 bits per heavy atom. The number of rotatable bonds is 4. The van der Waals surface area contributed by atoms with Gasteiger partial charge in [0, 0.05) is 17.8 Å². The molecular formula is C11H18N2O. The minimum atomic E-state index is 0.399. The summed E-state index contributed by atoms with van der Waals surface area (Å²) >= 11 is 0. The van der Waals surface area contributed by atoms with E-state index in [9.17, 15) is 0 Å². The first-order chi connectivity index (χ1) is 6.59. The maximum atomic E-state index is 5.63. The first-order valence-corrected chi connectivity index (χ1v) is 4.74. The largest absolute Gasteiger partial charge is 0.492 e. The third-order valence-corrected chi connectivity index (χ3v) is 2.23. The first kappa shape index (κ1) is 10.9. The zero-order chi connectivity index (χ0) is 10.6. The molecule has 1 rings (SSSR count). The molecule has 0 bridgehead atoms. The minimum absolute atomic E-state index is 0.399. The van der Waals surface area contributed by atoms with Gasteiger partial charge in [0.2, 0.25) is 0 Å². The SMILES string of the molecule is C[C@@H](COc1cccc(N)c1)N(C)C. The van der Waals surface area contributed by atoms with Crippen LogP contribution in [0.4, 0.5) is 5.69 Å². The van der Waals surface area contributed by atoms with Crippen LogP contribution in [0.25, 0.3) is 0 Å². The van der Waals surface area contributed by atoms with Crippen LogP contribution in [0.15, 0.2) is 24.3 Å². The molecule has 0 aromatic heterocycles. The smallest absolute Gasteiger partial charge is 0.121 e. The van der Waals surface area contributed by atoms with Gasteiger partial charge in [-0.25, -0.2) is 0 Å². The van der Waals surface area contributed by atoms with Gasteiger partial charge in [0.15, 0.2) is 0 Å². The number of benzene rings is 1. The van der Waals surface area contributed by atoms with Crippen molar-refractivity contribution in [3.63, 3.8) is 0 Å². The number of nitrogen functional groups attached to an aromatic ring is 1. The average Bonchev–Trinajstić information content (AvgIpc) is 2.14. The van der Waals surface area contributed by atoms with Gasteiger partial charge < -0.3 is 15.4 Å². The Bertz CT molecular complexity index is 286. The Hall–Kier alpha value is -1.22. The fraction of sp³-hybridized carbons (Fsp3) is 0.455. The predicted molar refractivity (Wildman–Crippen MR) is 59.5 cm³/mol. The van der Waals surface area contributed by atoms with E-state index in [1.54, 1.807) is 0 Å². The van der Waals surface area contributed by atoms with Gasteiger partial charge in [0.1, 0.15) is 12.4 Å². The van der Waals surface area contributed by atoms with Crippen molar-refractivity contribution in [3.05, 3.63) is 24.3 Å². The summed E-state index contributed by atoms with van der Waals surface area (Å²) in [6, 6.07) is 7.89. The highest BCUT2D eigenvalue weighted by atomic mass is 16.5. The van der Waals surface area contributed by atoms with Crippen LogP contribution in [0.2, 0.25) is 0 Å². The van der Waals surface area contributed by atoms with Crippen LogP contribution in [-0.4, -0.2) is 31.6 Å². The molecule has 0 aliphatic heterocycles. The molecule has 3 nitrogen and oxygen atoms in total. The van der Waals surface area contributed by atoms with E-state index in [-0.39, 0.29) is 0 Å². The second-order valence-corrected chi connectivity index (χ2v) is 3.70. The van der Waals surface area contributed by atoms with E-state index in [1.165, 1.54) is 0 Å². The van der Waals surface area contributed by atoms with Crippen LogP contribution < -0.4 is 10.5 Å². The van der Waals surface area contributed by atoms with E-state index < -0.39 is 0 Å². The monoisotopic (exact) mass is 194 g/mol. The Balaban J connectivity index is 2.45. The Morgan fingerprint density at radius 1 is 1.43 bits per heavy atom. The minimum Gasteiger partial charge on any atom is -0.492 e. The van der Waals surface area contributed by atoms with Gasteiger partial charge in [-0.1, -0.05) is 6.07 Å². The second-order valence-electron chi connectivity index (χ2n) is 3.70. The number of nitrogens with zero attached hydrogens (tertiary/aromatic N) is 1. The molecule has 1 aromatic carbocycles. The number of ether oxygens (including phenoxy) is 1. The molecular weight excluding hydrogens is 176 g/mol. The van der Waals surface area contributed by atoms with E-state index in [4.69, 9.17) is 10.5 Å². The van der Waals surface area contributed by atoms with E-state index in [0.717, 1.165) is 11.4 Å². The van der Waals surface area contributed by atoms with E-state index in [2.05, 4.69) is 11.8 Å². The van der Waals surface area contributed by atoms with Crippen molar-refractivity contribution < 1.29 is 4.74 Å². The summed E-state index contributed by atoms with van der Waals surface area (Å²) in [7, 11) is 4.07. The molecule has 0 spiro atoms. The second kappa shape index (κ2) is 4.86. The highest BCUT2D eigenvalue weighted by Crippen LogP contribution is 2.14. The highest BCUT2D eigenvalue weighted by Gasteiger charge is 2.04. The molecule has 0 aliphatic rings. The summed E-state index contributed by atoms with van der Waals surface area (Å²) in [4.78, 5) is 2.12. The van der Waals surface area contributed by atoms with Crippen molar-refractivity contribution >= 4 is 5.69 Å². The molecule has 0 radical (unpaired) electrons. The maximum Gasteiger partial charge on any atom is 0.121 e. The van der Waals surface area contributed by atoms with E-state index >= 15 is 0 Å². The van der Waals surface area contributed by atoms with Gasteiger partial charge in [-0.05, 0) is 33.2 Å². The van der Waals surface area contributed by atoms with Crippen molar-refractivity contribution in [1.29, 1.82) is 0 Å². The van der Waals surface area contributed by atoms with Crippen molar-refractivity contribution in [3.8, 4) is 5.75 Å². The lowest BCUT2D eigenvalue weighted by Crippen LogP contribution is -2.30. The molecule has 0 fully saturated rings. The number of likely N-dealkylation sites (N-methyl/N-ethyl adjacent to an activating group) is 1. The molecule has 14 heavy (non-hydrogen) atoms. The molecule has 0 aliphatic carbocycles. The van der Waals surface area contributed by atoms with Crippen LogP contribution >= 0.6 is 0 Å². The van der Waals surface area contributed by atoms with Crippen molar-refractivity contribution in [2.45, 2.75) is 13.0 Å². The molecule has 0 saturated carbocycles. The topological polar surface area (TPSA) is 38.5 Å². The Labute approximate surface area is 85.5 Å². The number of nitrogens with two attached hydrogens (primary N) is 1. The zero-order valence-corrected chi connectivity index (χ0v) is 9.03. The third kappa shape index (κ3) is 3.26. The summed E-state index contributed by atoms with van der Waals surface area (Å²) in [6.45, 7) is 2.79. The van der Waals surface area contributed by atoms with Crippen LogP contribution in [0.3, 0.4) is 0 Å². The fourth-order valence-corrected chi connectivity index (χ4v) is 0.970. The van der Waals surface area contributed by atoms with E-state index in [0.29, 0.717) is 12.6 Å². The molecule has 2 N–H and O–H groups in total. The molecule has 3 heteroatoms. The summed E-state index contributed by atoms with van der Waals surface area (Å²) < 4.78 is 5.59. The summed E-state index contributed by atoms with van der Waals surface area (Å²) in [6.07, 6.45) is 0. The van der Waals surface area contributed by atoms with Gasteiger partial charge >= 0.3 is 0 Å². The maximum absolute atomic E-state index is 5.63. The summed E-state index contributed by atoms with van der Waals surface area (Å²) in [5, 5.41) is 0. The standard InChI is InChI=1S/C11H18N2O/c1-9(13(2)3)8-14-11-6-4-5-10(12)7-11/h4-7,9H,8,12H2,1-3H3/t9-/m0/s1. The normalized spacial score (nSPS) is 12.9. The molecule has 1 aromatic rings. The van der Waals surface area contributed by atoms with Gasteiger partial charge in [0.05, 0.1) is 0 Å². The van der Waals surface area contributed by atoms with Gasteiger partial charge in [-0.2, -0.15) is 0 Å². The van der Waals surface area contributed by atoms with Crippen molar-refractivity contribution in [1.82, 2.24) is 4.90 Å². The van der Waals surface area contributed by atoms with Crippen LogP contribution in [0, 0.1) is 0 Å². The number of hydrogen-bond donors (Lipinski definition) is 1. The van der Waals surface area contributed by atoms with Crippen molar-refractivity contribution in [2.75, 3.05) is 26.4 Å². The molecule has 0 heterocycles. The van der Waals surface area contributed by atoms with Crippen LogP contribution in [0.5, 0.6) is 5.75 Å². The van der Waals surface area contributed by atoms with Crippen LogP contribution in [0.1, 0.15) is 6.92 Å². The summed E-state index contributed by atoms with van der Waals surface area (Å²) in [5.74, 6) is 0.832. The Kier molecular flexibility index (Phi) is 3.77. The molecule has 0 unspecified atom stereocenters. The lowest BCUT2D eigenvalue weighted by molar-refractivity contribution is 0.198. The van der Waals surface area contributed by atoms with Gasteiger partial charge in [-0.3, -0.25) is 0 Å². The van der Waals surface area contributed by atoms with E-state index in [1.807, 2.05) is 38.4 Å². The van der Waals surface area contributed by atoms with Gasteiger partial charge in [0.25, 0.3) is 0 Å². The van der Waals surface area contributed by atoms with Gasteiger partial charge in [-0.15, -0.1) is 0 Å². The summed E-state index contributed by atoms with van der Waals surface area (Å²) in [5.41, 5.74) is 6.37. The van der Waals surface area contributed by atoms with Crippen LogP contribution in [-0.2, 0) is 0 Å². The van der Waals surface area contributed by atoms with Crippen molar-refractivity contribution in [2.24, 2.45) is 0 Å². The quantitative estimate of drug-likeness (QED) is 0.740. The zero-order valence-electron chi connectivity index (χ0n) is 9.03. The first-order valence-electron chi connectivity index (χ1n) is 4.74. The molecule has 0 saturated heterocycles. The molecule has 1 atom stereocenters. The Morgan fingerprint density at radius 2 is 2.14 bits per heavy atom. The highest BCUT2D eigenvalue weighted by molar-refractivity contribution is 5.43.